The number of nitrogens with one attached hydrogen (secondary N) is 1. The van der Waals surface area contributed by atoms with E-state index in [1.807, 2.05) is 44.9 Å². The topological polar surface area (TPSA) is 29.9 Å². The first-order chi connectivity index (χ1) is 8.20. The molecule has 0 saturated carbocycles. The monoisotopic (exact) mass is 231 g/mol. The van der Waals surface area contributed by atoms with Crippen molar-refractivity contribution in [3.8, 4) is 5.69 Å². The van der Waals surface area contributed by atoms with Crippen LogP contribution in [-0.4, -0.2) is 16.6 Å². The Bertz CT molecular complexity index is 472. The van der Waals surface area contributed by atoms with Crippen molar-refractivity contribution in [2.45, 2.75) is 27.7 Å². The largest absolute Gasteiger partial charge is 0.388 e. The lowest BCUT2D eigenvalue weighted by atomic mass is 10.2. The summed E-state index contributed by atoms with van der Waals surface area (Å²) in [6.07, 6.45) is 3.87. The quantitative estimate of drug-likeness (QED) is 0.856. The maximum Gasteiger partial charge on any atom is 0.0995 e. The molecule has 0 fully saturated rings. The van der Waals surface area contributed by atoms with Crippen LogP contribution in [0, 0.1) is 13.8 Å². The molecule has 0 aliphatic heterocycles. The zero-order valence-electron chi connectivity index (χ0n) is 11.3. The Labute approximate surface area is 104 Å². The smallest absolute Gasteiger partial charge is 0.0995 e. The number of rotatable bonds is 2. The van der Waals surface area contributed by atoms with Crippen LogP contribution in [0.25, 0.3) is 5.69 Å². The van der Waals surface area contributed by atoms with Crippen LogP contribution in [0.5, 0.6) is 0 Å². The van der Waals surface area contributed by atoms with Crippen LogP contribution in [0.15, 0.2) is 30.7 Å². The van der Waals surface area contributed by atoms with E-state index in [2.05, 4.69) is 35.4 Å². The van der Waals surface area contributed by atoms with Crippen LogP contribution < -0.4 is 5.32 Å². The maximum absolute atomic E-state index is 4.22. The summed E-state index contributed by atoms with van der Waals surface area (Å²) in [5, 5.41) is 3.13. The first-order valence-electron chi connectivity index (χ1n) is 6.00. The van der Waals surface area contributed by atoms with Gasteiger partial charge in [-0.3, -0.25) is 0 Å². The van der Waals surface area contributed by atoms with Gasteiger partial charge in [-0.25, -0.2) is 4.98 Å². The Morgan fingerprint density at radius 1 is 1.18 bits per heavy atom. The molecule has 3 heteroatoms. The molecule has 1 aromatic carbocycles. The predicted molar refractivity (Wildman–Crippen MR) is 73.9 cm³/mol. The highest BCUT2D eigenvalue weighted by Gasteiger charge is 2.02. The minimum atomic E-state index is 1.03. The Morgan fingerprint density at radius 3 is 2.35 bits per heavy atom. The summed E-state index contributed by atoms with van der Waals surface area (Å²) in [7, 11) is 1.93. The average Bonchev–Trinajstić information content (AvgIpc) is 2.78. The Morgan fingerprint density at radius 2 is 1.88 bits per heavy atom. The standard InChI is InChI=1S/C12H15N3.C2H6/c1-9-6-11(13-3)4-5-12(9)15-7-10(2)14-8-15;1-2/h4-8,13H,1-3H3;1-2H3. The molecule has 0 amide bonds. The van der Waals surface area contributed by atoms with E-state index in [0.717, 1.165) is 11.4 Å². The highest BCUT2D eigenvalue weighted by molar-refractivity contribution is 5.53. The van der Waals surface area contributed by atoms with Gasteiger partial charge >= 0.3 is 0 Å². The molecule has 1 heterocycles. The minimum absolute atomic E-state index is 1.03. The summed E-state index contributed by atoms with van der Waals surface area (Å²) in [5.74, 6) is 0. The van der Waals surface area contributed by atoms with E-state index in [1.54, 1.807) is 0 Å². The molecule has 92 valence electrons. The summed E-state index contributed by atoms with van der Waals surface area (Å²) in [6, 6.07) is 6.30. The second-order valence-corrected chi connectivity index (χ2v) is 3.67. The van der Waals surface area contributed by atoms with Crippen molar-refractivity contribution < 1.29 is 0 Å². The predicted octanol–water partition coefficient (Wildman–Crippen LogP) is 3.56. The van der Waals surface area contributed by atoms with E-state index < -0.39 is 0 Å². The molecule has 0 bridgehead atoms. The van der Waals surface area contributed by atoms with Crippen LogP contribution >= 0.6 is 0 Å². The van der Waals surface area contributed by atoms with E-state index in [0.29, 0.717) is 0 Å². The molecule has 3 nitrogen and oxygen atoms in total. The number of imidazole rings is 1. The third kappa shape index (κ3) is 3.09. The molecular weight excluding hydrogens is 210 g/mol. The number of anilines is 1. The molecule has 2 aromatic rings. The minimum Gasteiger partial charge on any atom is -0.388 e. The second-order valence-electron chi connectivity index (χ2n) is 3.67. The van der Waals surface area contributed by atoms with Crippen molar-refractivity contribution in [3.05, 3.63) is 42.0 Å². The number of nitrogens with zero attached hydrogens (tertiary/aromatic N) is 2. The fourth-order valence-electron chi connectivity index (χ4n) is 1.65. The van der Waals surface area contributed by atoms with Gasteiger partial charge in [0.15, 0.2) is 0 Å². The highest BCUT2D eigenvalue weighted by atomic mass is 15.0. The molecule has 17 heavy (non-hydrogen) atoms. The fourth-order valence-corrected chi connectivity index (χ4v) is 1.65. The molecule has 0 aliphatic rings. The Kier molecular flexibility index (Phi) is 4.76. The number of aryl methyl sites for hydroxylation is 2. The van der Waals surface area contributed by atoms with Crippen molar-refractivity contribution >= 4 is 5.69 Å². The summed E-state index contributed by atoms with van der Waals surface area (Å²) < 4.78 is 2.05. The van der Waals surface area contributed by atoms with Crippen LogP contribution in [0.2, 0.25) is 0 Å². The summed E-state index contributed by atoms with van der Waals surface area (Å²) in [4.78, 5) is 4.22. The second kappa shape index (κ2) is 6.09. The molecule has 1 N–H and O–H groups in total. The SMILES string of the molecule is CC.CNc1ccc(-n2cnc(C)c2)c(C)c1. The first kappa shape index (κ1) is 13.3. The van der Waals surface area contributed by atoms with E-state index >= 15 is 0 Å². The Hall–Kier alpha value is -1.77. The van der Waals surface area contributed by atoms with Gasteiger partial charge in [0.05, 0.1) is 12.0 Å². The van der Waals surface area contributed by atoms with Gasteiger partial charge in [-0.2, -0.15) is 0 Å². The van der Waals surface area contributed by atoms with Crippen LogP contribution in [0.4, 0.5) is 5.69 Å². The third-order valence-corrected chi connectivity index (χ3v) is 2.48. The zero-order valence-corrected chi connectivity index (χ0v) is 11.3. The van der Waals surface area contributed by atoms with Gasteiger partial charge in [0, 0.05) is 24.6 Å². The van der Waals surface area contributed by atoms with Crippen molar-refractivity contribution in [2.24, 2.45) is 0 Å². The first-order valence-corrected chi connectivity index (χ1v) is 6.00. The summed E-state index contributed by atoms with van der Waals surface area (Å²) in [6.45, 7) is 8.10. The van der Waals surface area contributed by atoms with Crippen molar-refractivity contribution in [1.29, 1.82) is 0 Å². The van der Waals surface area contributed by atoms with E-state index in [9.17, 15) is 0 Å². The van der Waals surface area contributed by atoms with Crippen LogP contribution in [-0.2, 0) is 0 Å². The molecule has 0 radical (unpaired) electrons. The molecule has 0 atom stereocenters. The number of hydrogen-bond donors (Lipinski definition) is 1. The molecule has 0 saturated heterocycles. The van der Waals surface area contributed by atoms with Gasteiger partial charge in [0.1, 0.15) is 0 Å². The number of hydrogen-bond acceptors (Lipinski definition) is 2. The summed E-state index contributed by atoms with van der Waals surface area (Å²) >= 11 is 0. The highest BCUT2D eigenvalue weighted by Crippen LogP contribution is 2.18. The molecule has 0 spiro atoms. The van der Waals surface area contributed by atoms with Gasteiger partial charge in [0.2, 0.25) is 0 Å². The molecule has 0 aliphatic carbocycles. The molecule has 1 aromatic heterocycles. The van der Waals surface area contributed by atoms with Crippen LogP contribution in [0.1, 0.15) is 25.1 Å². The van der Waals surface area contributed by atoms with Crippen molar-refractivity contribution in [2.75, 3.05) is 12.4 Å². The lowest BCUT2D eigenvalue weighted by molar-refractivity contribution is 1.04. The van der Waals surface area contributed by atoms with E-state index in [4.69, 9.17) is 0 Å². The summed E-state index contributed by atoms with van der Waals surface area (Å²) in [5.41, 5.74) is 4.58. The number of aromatic nitrogens is 2. The fraction of sp³-hybridized carbons (Fsp3) is 0.357. The van der Waals surface area contributed by atoms with Crippen molar-refractivity contribution in [1.82, 2.24) is 9.55 Å². The molecule has 2 rings (SSSR count). The van der Waals surface area contributed by atoms with Gasteiger partial charge in [0.25, 0.3) is 0 Å². The van der Waals surface area contributed by atoms with Gasteiger partial charge in [-0.15, -0.1) is 0 Å². The third-order valence-electron chi connectivity index (χ3n) is 2.48. The van der Waals surface area contributed by atoms with E-state index in [1.165, 1.54) is 11.3 Å². The van der Waals surface area contributed by atoms with Crippen LogP contribution in [0.3, 0.4) is 0 Å². The van der Waals surface area contributed by atoms with Gasteiger partial charge in [-0.1, -0.05) is 13.8 Å². The number of benzene rings is 1. The normalized spacial score (nSPS) is 9.47. The maximum atomic E-state index is 4.22. The van der Waals surface area contributed by atoms with E-state index in [-0.39, 0.29) is 0 Å². The van der Waals surface area contributed by atoms with Crippen molar-refractivity contribution in [3.63, 3.8) is 0 Å². The lowest BCUT2D eigenvalue weighted by Crippen LogP contribution is -1.95. The average molecular weight is 231 g/mol. The van der Waals surface area contributed by atoms with Gasteiger partial charge in [-0.05, 0) is 37.6 Å². The molecule has 0 unspecified atom stereocenters. The molecular formula is C14H21N3. The Balaban J connectivity index is 0.000000686. The van der Waals surface area contributed by atoms with Gasteiger partial charge < -0.3 is 9.88 Å². The lowest BCUT2D eigenvalue weighted by Gasteiger charge is -2.08. The zero-order chi connectivity index (χ0) is 12.8.